The van der Waals surface area contributed by atoms with Gasteiger partial charge in [-0.15, -0.1) is 11.3 Å². The lowest BCUT2D eigenvalue weighted by Crippen LogP contribution is -2.39. The SMILES string of the molecule is CCC1c2ccsc2CCN1C(=O)CCc1ncc(-c2ccc(F)cc2F)o1. The molecule has 0 N–H and O–H groups in total. The van der Waals surface area contributed by atoms with Gasteiger partial charge in [-0.25, -0.2) is 13.8 Å². The predicted octanol–water partition coefficient (Wildman–Crippen LogP) is 5.15. The molecule has 0 saturated carbocycles. The molecule has 4 nitrogen and oxygen atoms in total. The lowest BCUT2D eigenvalue weighted by atomic mass is 9.97. The Hall–Kier alpha value is -2.54. The highest BCUT2D eigenvalue weighted by Crippen LogP contribution is 2.35. The fraction of sp³-hybridized carbons (Fsp3) is 0.333. The first-order chi connectivity index (χ1) is 13.6. The van der Waals surface area contributed by atoms with Crippen LogP contribution in [0, 0.1) is 11.6 Å². The van der Waals surface area contributed by atoms with E-state index in [-0.39, 0.29) is 29.7 Å². The summed E-state index contributed by atoms with van der Waals surface area (Å²) in [4.78, 5) is 20.3. The van der Waals surface area contributed by atoms with Gasteiger partial charge in [0.1, 0.15) is 11.6 Å². The topological polar surface area (TPSA) is 46.3 Å². The Labute approximate surface area is 165 Å². The van der Waals surface area contributed by atoms with Gasteiger partial charge in [0.15, 0.2) is 11.7 Å². The average molecular weight is 402 g/mol. The van der Waals surface area contributed by atoms with Crippen molar-refractivity contribution in [2.75, 3.05) is 6.54 Å². The normalized spacial score (nSPS) is 16.2. The Morgan fingerprint density at radius 3 is 3.00 bits per heavy atom. The van der Waals surface area contributed by atoms with E-state index in [1.54, 1.807) is 11.3 Å². The minimum Gasteiger partial charge on any atom is -0.441 e. The van der Waals surface area contributed by atoms with Gasteiger partial charge in [0.2, 0.25) is 5.91 Å². The molecule has 0 bridgehead atoms. The second-order valence-corrected chi connectivity index (χ2v) is 7.80. The molecule has 1 atom stereocenters. The minimum atomic E-state index is -0.704. The molecule has 0 fully saturated rings. The predicted molar refractivity (Wildman–Crippen MR) is 103 cm³/mol. The van der Waals surface area contributed by atoms with Gasteiger partial charge in [-0.3, -0.25) is 4.79 Å². The van der Waals surface area contributed by atoms with Crippen LogP contribution in [0.15, 0.2) is 40.3 Å². The molecule has 1 unspecified atom stereocenters. The molecule has 7 heteroatoms. The van der Waals surface area contributed by atoms with Crippen LogP contribution in [0.3, 0.4) is 0 Å². The molecule has 1 aliphatic rings. The smallest absolute Gasteiger partial charge is 0.223 e. The number of nitrogens with zero attached hydrogens (tertiary/aromatic N) is 2. The van der Waals surface area contributed by atoms with E-state index in [2.05, 4.69) is 23.4 Å². The van der Waals surface area contributed by atoms with Crippen LogP contribution in [0.4, 0.5) is 8.78 Å². The zero-order chi connectivity index (χ0) is 19.7. The van der Waals surface area contributed by atoms with Gasteiger partial charge in [0.05, 0.1) is 17.8 Å². The second kappa shape index (κ2) is 7.83. The number of thiophene rings is 1. The van der Waals surface area contributed by atoms with Crippen molar-refractivity contribution in [3.63, 3.8) is 0 Å². The highest BCUT2D eigenvalue weighted by atomic mass is 32.1. The van der Waals surface area contributed by atoms with Crippen molar-refractivity contribution in [3.05, 3.63) is 63.8 Å². The number of hydrogen-bond acceptors (Lipinski definition) is 4. The Balaban J connectivity index is 1.42. The molecule has 3 heterocycles. The van der Waals surface area contributed by atoms with Crippen molar-refractivity contribution in [1.29, 1.82) is 0 Å². The second-order valence-electron chi connectivity index (χ2n) is 6.80. The molecule has 2 aromatic heterocycles. The van der Waals surface area contributed by atoms with E-state index in [0.29, 0.717) is 12.3 Å². The Morgan fingerprint density at radius 2 is 2.21 bits per heavy atom. The summed E-state index contributed by atoms with van der Waals surface area (Å²) in [7, 11) is 0. The third-order valence-corrected chi connectivity index (χ3v) is 6.10. The number of carbonyl (C=O) groups excluding carboxylic acids is 1. The first kappa shape index (κ1) is 18.8. The van der Waals surface area contributed by atoms with E-state index in [1.165, 1.54) is 28.8 Å². The fourth-order valence-corrected chi connectivity index (χ4v) is 4.66. The number of rotatable bonds is 5. The maximum absolute atomic E-state index is 13.9. The molecule has 1 amide bonds. The van der Waals surface area contributed by atoms with Crippen LogP contribution in [-0.2, 0) is 17.6 Å². The van der Waals surface area contributed by atoms with E-state index in [1.807, 2.05) is 4.90 Å². The number of benzene rings is 1. The zero-order valence-corrected chi connectivity index (χ0v) is 16.3. The summed E-state index contributed by atoms with van der Waals surface area (Å²) < 4.78 is 32.5. The molecule has 3 aromatic rings. The zero-order valence-electron chi connectivity index (χ0n) is 15.5. The van der Waals surface area contributed by atoms with Crippen LogP contribution in [0.5, 0.6) is 0 Å². The number of halogens is 2. The van der Waals surface area contributed by atoms with E-state index in [0.717, 1.165) is 25.5 Å². The Kier molecular flexibility index (Phi) is 5.26. The third kappa shape index (κ3) is 3.58. The quantitative estimate of drug-likeness (QED) is 0.593. The van der Waals surface area contributed by atoms with Crippen LogP contribution in [0.1, 0.15) is 42.1 Å². The summed E-state index contributed by atoms with van der Waals surface area (Å²) in [5.74, 6) is -0.686. The number of hydrogen-bond donors (Lipinski definition) is 0. The van der Waals surface area contributed by atoms with Crippen LogP contribution >= 0.6 is 11.3 Å². The van der Waals surface area contributed by atoms with Crippen LogP contribution in [-0.4, -0.2) is 22.3 Å². The maximum atomic E-state index is 13.9. The van der Waals surface area contributed by atoms with Gasteiger partial charge in [-0.05, 0) is 42.0 Å². The van der Waals surface area contributed by atoms with Crippen LogP contribution in [0.2, 0.25) is 0 Å². The molecule has 0 aliphatic carbocycles. The molecule has 1 aliphatic heterocycles. The first-order valence-electron chi connectivity index (χ1n) is 9.32. The highest BCUT2D eigenvalue weighted by molar-refractivity contribution is 7.10. The van der Waals surface area contributed by atoms with E-state index >= 15 is 0 Å². The van der Waals surface area contributed by atoms with Crippen LogP contribution < -0.4 is 0 Å². The van der Waals surface area contributed by atoms with Gasteiger partial charge in [-0.2, -0.15) is 0 Å². The van der Waals surface area contributed by atoms with Gasteiger partial charge in [-0.1, -0.05) is 6.92 Å². The van der Waals surface area contributed by atoms with Crippen molar-refractivity contribution >= 4 is 17.2 Å². The molecular formula is C21H20F2N2O2S. The molecule has 4 rings (SSSR count). The number of fused-ring (bicyclic) bond motifs is 1. The molecule has 1 aromatic carbocycles. The van der Waals surface area contributed by atoms with Crippen molar-refractivity contribution < 1.29 is 18.0 Å². The molecule has 0 saturated heterocycles. The number of aromatic nitrogens is 1. The summed E-state index contributed by atoms with van der Waals surface area (Å²) in [6.07, 6.45) is 3.79. The van der Waals surface area contributed by atoms with Crippen molar-refractivity contribution in [2.45, 2.75) is 38.6 Å². The van der Waals surface area contributed by atoms with Gasteiger partial charge in [0.25, 0.3) is 0 Å². The van der Waals surface area contributed by atoms with Gasteiger partial charge < -0.3 is 9.32 Å². The number of amides is 1. The maximum Gasteiger partial charge on any atom is 0.223 e. The average Bonchev–Trinajstić information content (AvgIpc) is 3.34. The molecule has 28 heavy (non-hydrogen) atoms. The van der Waals surface area contributed by atoms with Gasteiger partial charge >= 0.3 is 0 Å². The Morgan fingerprint density at radius 1 is 1.36 bits per heavy atom. The fourth-order valence-electron chi connectivity index (χ4n) is 3.73. The summed E-state index contributed by atoms with van der Waals surface area (Å²) in [5.41, 5.74) is 1.41. The lowest BCUT2D eigenvalue weighted by Gasteiger charge is -2.35. The molecule has 0 spiro atoms. The lowest BCUT2D eigenvalue weighted by molar-refractivity contribution is -0.134. The monoisotopic (exact) mass is 402 g/mol. The van der Waals surface area contributed by atoms with Gasteiger partial charge in [0, 0.05) is 30.3 Å². The summed E-state index contributed by atoms with van der Waals surface area (Å²) >= 11 is 1.75. The highest BCUT2D eigenvalue weighted by Gasteiger charge is 2.30. The number of oxazole rings is 1. The third-order valence-electron chi connectivity index (χ3n) is 5.10. The molecule has 0 radical (unpaired) electrons. The van der Waals surface area contributed by atoms with E-state index in [4.69, 9.17) is 4.42 Å². The standard InChI is InChI=1S/C21H20F2N2O2S/c1-2-17-15-8-10-28-19(15)7-9-25(17)21(26)6-5-20-24-12-18(27-20)14-4-3-13(22)11-16(14)23/h3-4,8,10-12,17H,2,5-7,9H2,1H3. The Bertz CT molecular complexity index is 998. The number of carbonyl (C=O) groups is 1. The van der Waals surface area contributed by atoms with Crippen LogP contribution in [0.25, 0.3) is 11.3 Å². The molecular weight excluding hydrogens is 382 g/mol. The van der Waals surface area contributed by atoms with Crippen molar-refractivity contribution in [2.24, 2.45) is 0 Å². The van der Waals surface area contributed by atoms with Crippen molar-refractivity contribution in [1.82, 2.24) is 9.88 Å². The minimum absolute atomic E-state index is 0.0661. The first-order valence-corrected chi connectivity index (χ1v) is 10.2. The summed E-state index contributed by atoms with van der Waals surface area (Å²) in [6.45, 7) is 2.82. The van der Waals surface area contributed by atoms with E-state index < -0.39 is 11.6 Å². The summed E-state index contributed by atoms with van der Waals surface area (Å²) in [5, 5.41) is 2.09. The largest absolute Gasteiger partial charge is 0.441 e. The molecule has 146 valence electrons. The number of aryl methyl sites for hydroxylation is 1. The van der Waals surface area contributed by atoms with Crippen molar-refractivity contribution in [3.8, 4) is 11.3 Å². The summed E-state index contributed by atoms with van der Waals surface area (Å²) in [6, 6.07) is 5.53. The van der Waals surface area contributed by atoms with E-state index in [9.17, 15) is 13.6 Å².